The van der Waals surface area contributed by atoms with Gasteiger partial charge < -0.3 is 14.9 Å². The summed E-state index contributed by atoms with van der Waals surface area (Å²) in [5.74, 6) is -0.359. The third kappa shape index (κ3) is 7.11. The van der Waals surface area contributed by atoms with Crippen LogP contribution in [0.5, 0.6) is 0 Å². The largest absolute Gasteiger partial charge is 0.463 e. The highest BCUT2D eigenvalue weighted by atomic mass is 16.5. The Kier molecular flexibility index (Phi) is 6.99. The maximum Gasteiger partial charge on any atom is 0.333 e. The van der Waals surface area contributed by atoms with Crippen LogP contribution in [0.1, 0.15) is 33.6 Å². The Morgan fingerprint density at radius 3 is 2.53 bits per heavy atom. The van der Waals surface area contributed by atoms with Crippen molar-refractivity contribution < 1.29 is 19.7 Å². The Morgan fingerprint density at radius 2 is 2.07 bits per heavy atom. The van der Waals surface area contributed by atoms with Gasteiger partial charge in [-0.15, -0.1) is 0 Å². The smallest absolute Gasteiger partial charge is 0.333 e. The Labute approximate surface area is 90.6 Å². The Bertz CT molecular complexity index is 221. The number of aliphatic hydroxyl groups excluding tert-OH is 2. The average Bonchev–Trinajstić information content (AvgIpc) is 2.13. The molecule has 0 saturated heterocycles. The van der Waals surface area contributed by atoms with E-state index in [-0.39, 0.29) is 5.97 Å². The van der Waals surface area contributed by atoms with Crippen LogP contribution in [0.15, 0.2) is 11.6 Å². The summed E-state index contributed by atoms with van der Waals surface area (Å²) in [4.78, 5) is 11.2. The molecule has 0 aromatic carbocycles. The average molecular weight is 216 g/mol. The summed E-state index contributed by atoms with van der Waals surface area (Å²) in [5, 5.41) is 18.4. The van der Waals surface area contributed by atoms with Crippen molar-refractivity contribution in [2.75, 3.05) is 6.61 Å². The first-order chi connectivity index (χ1) is 6.97. The zero-order chi connectivity index (χ0) is 11.8. The minimum Gasteiger partial charge on any atom is -0.463 e. The van der Waals surface area contributed by atoms with Crippen molar-refractivity contribution in [2.45, 2.75) is 45.8 Å². The molecular weight excluding hydrogens is 196 g/mol. The molecule has 0 unspecified atom stereocenters. The highest BCUT2D eigenvalue weighted by Gasteiger charge is 2.08. The lowest BCUT2D eigenvalue weighted by Crippen LogP contribution is -2.14. The number of hydrogen-bond acceptors (Lipinski definition) is 4. The van der Waals surface area contributed by atoms with Crippen LogP contribution in [0.25, 0.3) is 0 Å². The molecule has 0 saturated carbocycles. The molecule has 0 aliphatic carbocycles. The lowest BCUT2D eigenvalue weighted by atomic mass is 10.1. The highest BCUT2D eigenvalue weighted by molar-refractivity contribution is 5.87. The van der Waals surface area contributed by atoms with E-state index in [0.29, 0.717) is 25.0 Å². The quantitative estimate of drug-likeness (QED) is 0.514. The number of esters is 1. The summed E-state index contributed by atoms with van der Waals surface area (Å²) >= 11 is 0. The topological polar surface area (TPSA) is 66.8 Å². The van der Waals surface area contributed by atoms with E-state index >= 15 is 0 Å². The van der Waals surface area contributed by atoms with E-state index < -0.39 is 12.2 Å². The Balaban J connectivity index is 3.98. The van der Waals surface area contributed by atoms with Gasteiger partial charge in [0.05, 0.1) is 18.8 Å². The standard InChI is InChI=1S/C11H20O4/c1-4-15-11(14)8(2)5-6-10(13)7-9(3)12/h5,9-10,12-13H,4,6-7H2,1-3H3/b8-5+/t9-,10+/m0/s1. The highest BCUT2D eigenvalue weighted by Crippen LogP contribution is 2.06. The second-order valence-electron chi connectivity index (χ2n) is 3.58. The lowest BCUT2D eigenvalue weighted by Gasteiger charge is -2.10. The van der Waals surface area contributed by atoms with E-state index in [9.17, 15) is 9.90 Å². The first kappa shape index (κ1) is 14.1. The fourth-order valence-electron chi connectivity index (χ4n) is 1.13. The zero-order valence-corrected chi connectivity index (χ0v) is 9.56. The summed E-state index contributed by atoms with van der Waals surface area (Å²) < 4.78 is 4.78. The molecule has 0 rings (SSSR count). The van der Waals surface area contributed by atoms with Crippen molar-refractivity contribution in [3.8, 4) is 0 Å². The van der Waals surface area contributed by atoms with Crippen molar-refractivity contribution in [3.05, 3.63) is 11.6 Å². The molecule has 4 nitrogen and oxygen atoms in total. The molecule has 0 heterocycles. The molecule has 15 heavy (non-hydrogen) atoms. The molecule has 0 bridgehead atoms. The van der Waals surface area contributed by atoms with Crippen LogP contribution in [0.2, 0.25) is 0 Å². The molecule has 0 aromatic rings. The molecule has 0 fully saturated rings. The van der Waals surface area contributed by atoms with Crippen molar-refractivity contribution in [1.29, 1.82) is 0 Å². The van der Waals surface area contributed by atoms with Crippen LogP contribution in [-0.2, 0) is 9.53 Å². The molecular formula is C11H20O4. The summed E-state index contributed by atoms with van der Waals surface area (Å²) in [6, 6.07) is 0. The molecule has 88 valence electrons. The summed E-state index contributed by atoms with van der Waals surface area (Å²) in [6.45, 7) is 5.35. The minimum absolute atomic E-state index is 0.312. The van der Waals surface area contributed by atoms with Crippen LogP contribution in [-0.4, -0.2) is 35.0 Å². The second-order valence-corrected chi connectivity index (χ2v) is 3.58. The molecule has 0 aromatic heterocycles. The van der Waals surface area contributed by atoms with Gasteiger partial charge in [-0.3, -0.25) is 0 Å². The van der Waals surface area contributed by atoms with Crippen LogP contribution in [0.3, 0.4) is 0 Å². The molecule has 0 spiro atoms. The maximum atomic E-state index is 11.2. The van der Waals surface area contributed by atoms with E-state index in [1.54, 1.807) is 26.8 Å². The number of ether oxygens (including phenoxy) is 1. The van der Waals surface area contributed by atoms with E-state index in [4.69, 9.17) is 9.84 Å². The molecule has 0 aliphatic heterocycles. The fourth-order valence-corrected chi connectivity index (χ4v) is 1.13. The summed E-state index contributed by atoms with van der Waals surface area (Å²) in [5.41, 5.74) is 0.487. The third-order valence-corrected chi connectivity index (χ3v) is 1.91. The zero-order valence-electron chi connectivity index (χ0n) is 9.56. The van der Waals surface area contributed by atoms with Gasteiger partial charge in [-0.05, 0) is 33.6 Å². The fraction of sp³-hybridized carbons (Fsp3) is 0.727. The Morgan fingerprint density at radius 1 is 1.47 bits per heavy atom. The molecule has 0 radical (unpaired) electrons. The first-order valence-electron chi connectivity index (χ1n) is 5.17. The van der Waals surface area contributed by atoms with Crippen molar-refractivity contribution >= 4 is 5.97 Å². The van der Waals surface area contributed by atoms with E-state index in [2.05, 4.69) is 0 Å². The van der Waals surface area contributed by atoms with E-state index in [0.717, 1.165) is 0 Å². The van der Waals surface area contributed by atoms with Gasteiger partial charge in [0, 0.05) is 5.57 Å². The lowest BCUT2D eigenvalue weighted by molar-refractivity contribution is -0.138. The van der Waals surface area contributed by atoms with Crippen molar-refractivity contribution in [3.63, 3.8) is 0 Å². The van der Waals surface area contributed by atoms with Gasteiger partial charge in [0.2, 0.25) is 0 Å². The monoisotopic (exact) mass is 216 g/mol. The number of carbonyl (C=O) groups is 1. The van der Waals surface area contributed by atoms with Crippen molar-refractivity contribution in [2.24, 2.45) is 0 Å². The summed E-state index contributed by atoms with van der Waals surface area (Å²) in [7, 11) is 0. The SMILES string of the molecule is CCOC(=O)/C(C)=C/C[C@@H](O)C[C@H](C)O. The Hall–Kier alpha value is -0.870. The molecule has 2 N–H and O–H groups in total. The molecule has 4 heteroatoms. The number of hydrogen-bond donors (Lipinski definition) is 2. The van der Waals surface area contributed by atoms with Crippen LogP contribution in [0.4, 0.5) is 0 Å². The van der Waals surface area contributed by atoms with Gasteiger partial charge in [0.1, 0.15) is 0 Å². The molecule has 0 amide bonds. The maximum absolute atomic E-state index is 11.2. The number of rotatable bonds is 6. The van der Waals surface area contributed by atoms with Gasteiger partial charge in [-0.25, -0.2) is 4.79 Å². The number of carbonyl (C=O) groups excluding carboxylic acids is 1. The van der Waals surface area contributed by atoms with Gasteiger partial charge >= 0.3 is 5.97 Å². The predicted molar refractivity (Wildman–Crippen MR) is 57.3 cm³/mol. The van der Waals surface area contributed by atoms with Gasteiger partial charge in [-0.2, -0.15) is 0 Å². The second kappa shape index (κ2) is 7.43. The minimum atomic E-state index is -0.616. The number of aliphatic hydroxyl groups is 2. The molecule has 2 atom stereocenters. The third-order valence-electron chi connectivity index (χ3n) is 1.91. The molecule has 0 aliphatic rings. The normalized spacial score (nSPS) is 15.9. The predicted octanol–water partition coefficient (Wildman–Crippen LogP) is 1.02. The summed E-state index contributed by atoms with van der Waals surface area (Å²) in [6.07, 6.45) is 1.15. The van der Waals surface area contributed by atoms with Gasteiger partial charge in [0.15, 0.2) is 0 Å². The first-order valence-corrected chi connectivity index (χ1v) is 5.17. The van der Waals surface area contributed by atoms with Crippen LogP contribution in [0, 0.1) is 0 Å². The van der Waals surface area contributed by atoms with E-state index in [1.807, 2.05) is 0 Å². The van der Waals surface area contributed by atoms with Crippen LogP contribution >= 0.6 is 0 Å². The van der Waals surface area contributed by atoms with E-state index in [1.165, 1.54) is 0 Å². The van der Waals surface area contributed by atoms with Crippen molar-refractivity contribution in [1.82, 2.24) is 0 Å². The van der Waals surface area contributed by atoms with Crippen LogP contribution < -0.4 is 0 Å². The van der Waals surface area contributed by atoms with Gasteiger partial charge in [0.25, 0.3) is 0 Å². The van der Waals surface area contributed by atoms with Gasteiger partial charge in [-0.1, -0.05) is 6.08 Å².